The van der Waals surface area contributed by atoms with E-state index in [4.69, 9.17) is 4.52 Å². The molecule has 2 aromatic heterocycles. The summed E-state index contributed by atoms with van der Waals surface area (Å²) in [5.74, 6) is 0.844. The first-order valence-electron chi connectivity index (χ1n) is 4.64. The minimum atomic E-state index is 0.129. The second-order valence-electron chi connectivity index (χ2n) is 3.35. The van der Waals surface area contributed by atoms with E-state index in [1.807, 2.05) is 20.8 Å². The van der Waals surface area contributed by atoms with E-state index >= 15 is 0 Å². The van der Waals surface area contributed by atoms with Crippen LogP contribution in [0.2, 0.25) is 0 Å². The van der Waals surface area contributed by atoms with Crippen molar-refractivity contribution >= 4 is 16.7 Å². The molecule has 0 bridgehead atoms. The van der Waals surface area contributed by atoms with E-state index in [9.17, 15) is 0 Å². The van der Waals surface area contributed by atoms with Crippen LogP contribution in [0, 0.1) is 13.8 Å². The van der Waals surface area contributed by atoms with Crippen LogP contribution in [0.1, 0.15) is 30.0 Å². The molecule has 2 aromatic rings. The Morgan fingerprint density at radius 3 is 2.80 bits per heavy atom. The molecule has 0 aliphatic heterocycles. The number of aryl methyl sites for hydroxylation is 2. The Balaban J connectivity index is 2.18. The van der Waals surface area contributed by atoms with Gasteiger partial charge in [0.2, 0.25) is 5.13 Å². The molecule has 5 nitrogen and oxygen atoms in total. The first-order chi connectivity index (χ1) is 7.18. The van der Waals surface area contributed by atoms with E-state index in [-0.39, 0.29) is 6.04 Å². The molecule has 0 spiro atoms. The molecular weight excluding hydrogens is 212 g/mol. The summed E-state index contributed by atoms with van der Waals surface area (Å²) in [6.45, 7) is 5.89. The number of anilines is 1. The maximum atomic E-state index is 5.11. The Bertz CT molecular complexity index is 417. The summed E-state index contributed by atoms with van der Waals surface area (Å²) in [5.41, 5.74) is 2.00. The molecule has 15 heavy (non-hydrogen) atoms. The fourth-order valence-corrected chi connectivity index (χ4v) is 2.12. The highest BCUT2D eigenvalue weighted by atomic mass is 32.1. The Hall–Kier alpha value is -1.43. The second kappa shape index (κ2) is 3.98. The van der Waals surface area contributed by atoms with Crippen molar-refractivity contribution in [3.8, 4) is 0 Å². The van der Waals surface area contributed by atoms with Gasteiger partial charge in [-0.25, -0.2) is 4.98 Å². The van der Waals surface area contributed by atoms with E-state index in [0.717, 1.165) is 22.1 Å². The lowest BCUT2D eigenvalue weighted by atomic mass is 10.1. The van der Waals surface area contributed by atoms with Crippen LogP contribution in [0.4, 0.5) is 5.13 Å². The summed E-state index contributed by atoms with van der Waals surface area (Å²) in [6, 6.07) is 0.129. The van der Waals surface area contributed by atoms with Gasteiger partial charge in [0.25, 0.3) is 0 Å². The minimum Gasteiger partial charge on any atom is -0.361 e. The lowest BCUT2D eigenvalue weighted by molar-refractivity contribution is 0.392. The molecule has 2 heterocycles. The molecule has 2 rings (SSSR count). The van der Waals surface area contributed by atoms with Gasteiger partial charge in [0, 0.05) is 17.1 Å². The topological polar surface area (TPSA) is 63.8 Å². The van der Waals surface area contributed by atoms with Crippen LogP contribution in [0.25, 0.3) is 0 Å². The van der Waals surface area contributed by atoms with Crippen molar-refractivity contribution < 1.29 is 4.52 Å². The molecule has 6 heteroatoms. The quantitative estimate of drug-likeness (QED) is 0.866. The van der Waals surface area contributed by atoms with E-state index in [1.165, 1.54) is 17.9 Å². The van der Waals surface area contributed by atoms with E-state index in [2.05, 4.69) is 19.8 Å². The third-order valence-electron chi connectivity index (χ3n) is 2.22. The Morgan fingerprint density at radius 2 is 2.27 bits per heavy atom. The van der Waals surface area contributed by atoms with Gasteiger partial charge in [0.05, 0.1) is 11.7 Å². The smallest absolute Gasteiger partial charge is 0.202 e. The van der Waals surface area contributed by atoms with E-state index in [0.29, 0.717) is 0 Å². The molecule has 0 amide bonds. The molecule has 0 aliphatic carbocycles. The van der Waals surface area contributed by atoms with E-state index in [1.54, 1.807) is 0 Å². The summed E-state index contributed by atoms with van der Waals surface area (Å²) in [4.78, 5) is 4.07. The van der Waals surface area contributed by atoms with Crippen LogP contribution < -0.4 is 5.32 Å². The number of nitrogens with zero attached hydrogens (tertiary/aromatic N) is 3. The number of rotatable bonds is 3. The van der Waals surface area contributed by atoms with Gasteiger partial charge in [-0.15, -0.1) is 0 Å². The summed E-state index contributed by atoms with van der Waals surface area (Å²) < 4.78 is 9.04. The maximum Gasteiger partial charge on any atom is 0.202 e. The highest BCUT2D eigenvalue weighted by Crippen LogP contribution is 2.24. The molecule has 1 atom stereocenters. The summed E-state index contributed by atoms with van der Waals surface area (Å²) in [7, 11) is 0. The van der Waals surface area contributed by atoms with Gasteiger partial charge in [0.15, 0.2) is 0 Å². The third-order valence-corrected chi connectivity index (χ3v) is 2.82. The van der Waals surface area contributed by atoms with Crippen LogP contribution in [-0.4, -0.2) is 14.5 Å². The van der Waals surface area contributed by atoms with Crippen LogP contribution in [0.15, 0.2) is 10.9 Å². The van der Waals surface area contributed by atoms with Gasteiger partial charge in [-0.3, -0.25) is 0 Å². The van der Waals surface area contributed by atoms with Crippen molar-refractivity contribution in [3.05, 3.63) is 23.3 Å². The highest BCUT2D eigenvalue weighted by Gasteiger charge is 2.16. The van der Waals surface area contributed by atoms with Crippen molar-refractivity contribution in [2.75, 3.05) is 5.32 Å². The van der Waals surface area contributed by atoms with Gasteiger partial charge >= 0.3 is 0 Å². The van der Waals surface area contributed by atoms with Gasteiger partial charge in [-0.2, -0.15) is 4.37 Å². The summed E-state index contributed by atoms with van der Waals surface area (Å²) in [5, 5.41) is 7.98. The molecule has 0 aliphatic rings. The zero-order chi connectivity index (χ0) is 10.8. The van der Waals surface area contributed by atoms with Crippen LogP contribution in [-0.2, 0) is 0 Å². The number of nitrogens with one attached hydrogen (secondary N) is 1. The van der Waals surface area contributed by atoms with Gasteiger partial charge in [-0.1, -0.05) is 5.16 Å². The summed E-state index contributed by atoms with van der Waals surface area (Å²) >= 11 is 1.34. The van der Waals surface area contributed by atoms with Crippen molar-refractivity contribution in [2.45, 2.75) is 26.8 Å². The molecule has 0 aromatic carbocycles. The average Bonchev–Trinajstić information content (AvgIpc) is 2.77. The highest BCUT2D eigenvalue weighted by molar-refractivity contribution is 7.09. The normalized spacial score (nSPS) is 12.7. The molecule has 0 saturated heterocycles. The fraction of sp³-hybridized carbons (Fsp3) is 0.444. The van der Waals surface area contributed by atoms with Crippen molar-refractivity contribution in [1.82, 2.24) is 14.5 Å². The minimum absolute atomic E-state index is 0.129. The van der Waals surface area contributed by atoms with Crippen molar-refractivity contribution in [3.63, 3.8) is 0 Å². The molecule has 80 valence electrons. The molecule has 0 saturated carbocycles. The molecular formula is C9H12N4OS. The Kier molecular flexibility index (Phi) is 2.68. The monoisotopic (exact) mass is 224 g/mol. The molecule has 0 radical (unpaired) electrons. The van der Waals surface area contributed by atoms with Crippen molar-refractivity contribution in [1.29, 1.82) is 0 Å². The van der Waals surface area contributed by atoms with Crippen LogP contribution >= 0.6 is 11.5 Å². The first kappa shape index (κ1) is 10.1. The Morgan fingerprint density at radius 1 is 1.47 bits per heavy atom. The SMILES string of the molecule is Cc1noc(C)c1C(C)Nc1ncns1. The largest absolute Gasteiger partial charge is 0.361 e. The van der Waals surface area contributed by atoms with Crippen molar-refractivity contribution in [2.24, 2.45) is 0 Å². The molecule has 1 unspecified atom stereocenters. The molecule has 0 fully saturated rings. The predicted octanol–water partition coefficient (Wildman–Crippen LogP) is 2.32. The number of hydrogen-bond acceptors (Lipinski definition) is 6. The van der Waals surface area contributed by atoms with Gasteiger partial charge in [0.1, 0.15) is 12.1 Å². The van der Waals surface area contributed by atoms with Gasteiger partial charge in [-0.05, 0) is 20.8 Å². The number of aromatic nitrogens is 3. The summed E-state index contributed by atoms with van der Waals surface area (Å²) in [6.07, 6.45) is 1.53. The Labute approximate surface area is 91.7 Å². The second-order valence-corrected chi connectivity index (χ2v) is 4.13. The zero-order valence-electron chi connectivity index (χ0n) is 8.81. The fourth-order valence-electron chi connectivity index (χ4n) is 1.60. The molecule has 1 N–H and O–H groups in total. The average molecular weight is 224 g/mol. The maximum absolute atomic E-state index is 5.11. The van der Waals surface area contributed by atoms with E-state index < -0.39 is 0 Å². The third kappa shape index (κ3) is 1.99. The first-order valence-corrected chi connectivity index (χ1v) is 5.42. The predicted molar refractivity (Wildman–Crippen MR) is 57.9 cm³/mol. The standard InChI is InChI=1S/C9H12N4OS/c1-5(12-9-10-4-11-15-9)8-6(2)13-14-7(8)3/h4-5H,1-3H3,(H,10,11,12). The lowest BCUT2D eigenvalue weighted by Crippen LogP contribution is -2.07. The van der Waals surface area contributed by atoms with Gasteiger partial charge < -0.3 is 9.84 Å². The van der Waals surface area contributed by atoms with Crippen LogP contribution in [0.3, 0.4) is 0 Å². The van der Waals surface area contributed by atoms with Crippen LogP contribution in [0.5, 0.6) is 0 Å². The zero-order valence-corrected chi connectivity index (χ0v) is 9.63. The lowest BCUT2D eigenvalue weighted by Gasteiger charge is -2.11. The number of hydrogen-bond donors (Lipinski definition) is 1.